The molecule has 0 aromatic carbocycles. The predicted molar refractivity (Wildman–Crippen MR) is 88.1 cm³/mol. The first-order valence-electron chi connectivity index (χ1n) is 8.21. The van der Waals surface area contributed by atoms with Crippen LogP contribution in [0.1, 0.15) is 29.8 Å². The average Bonchev–Trinajstić information content (AvgIpc) is 2.51. The molecule has 25 heavy (non-hydrogen) atoms. The molecule has 3 rings (SSSR count). The minimum absolute atomic E-state index is 0.131. The SMILES string of the molecule is Cc1cc(C(F)(F)F)cc(N[C@@H](Cc2ccccn2)C2CC(O)C2)n1. The van der Waals surface area contributed by atoms with E-state index < -0.39 is 11.7 Å². The van der Waals surface area contributed by atoms with Gasteiger partial charge in [-0.2, -0.15) is 13.2 Å². The molecule has 1 fully saturated rings. The van der Waals surface area contributed by atoms with Gasteiger partial charge in [0.15, 0.2) is 0 Å². The Bertz CT molecular complexity index is 715. The van der Waals surface area contributed by atoms with Crippen LogP contribution in [0, 0.1) is 12.8 Å². The smallest absolute Gasteiger partial charge is 0.393 e. The zero-order chi connectivity index (χ0) is 18.0. The van der Waals surface area contributed by atoms with E-state index in [0.717, 1.165) is 17.8 Å². The molecule has 1 saturated carbocycles. The first kappa shape index (κ1) is 17.7. The van der Waals surface area contributed by atoms with Crippen molar-refractivity contribution in [1.29, 1.82) is 0 Å². The maximum atomic E-state index is 13.0. The second-order valence-electron chi connectivity index (χ2n) is 6.54. The lowest BCUT2D eigenvalue weighted by Gasteiger charge is -2.38. The maximum Gasteiger partial charge on any atom is 0.416 e. The summed E-state index contributed by atoms with van der Waals surface area (Å²) in [5, 5.41) is 12.7. The van der Waals surface area contributed by atoms with Crippen molar-refractivity contribution >= 4 is 5.82 Å². The summed E-state index contributed by atoms with van der Waals surface area (Å²) in [5.41, 5.74) is 0.445. The number of alkyl halides is 3. The topological polar surface area (TPSA) is 58.0 Å². The van der Waals surface area contributed by atoms with Gasteiger partial charge in [0.1, 0.15) is 5.82 Å². The number of aromatic nitrogens is 2. The van der Waals surface area contributed by atoms with E-state index in [2.05, 4.69) is 15.3 Å². The van der Waals surface area contributed by atoms with Crippen LogP contribution in [-0.4, -0.2) is 27.2 Å². The largest absolute Gasteiger partial charge is 0.416 e. The van der Waals surface area contributed by atoms with Crippen molar-refractivity contribution in [2.24, 2.45) is 5.92 Å². The van der Waals surface area contributed by atoms with Crippen LogP contribution in [-0.2, 0) is 12.6 Å². The molecule has 1 atom stereocenters. The van der Waals surface area contributed by atoms with E-state index in [1.54, 1.807) is 13.1 Å². The van der Waals surface area contributed by atoms with Crippen molar-refractivity contribution in [2.75, 3.05) is 5.32 Å². The average molecular weight is 351 g/mol. The van der Waals surface area contributed by atoms with Gasteiger partial charge < -0.3 is 10.4 Å². The Balaban J connectivity index is 1.81. The number of aliphatic hydroxyl groups is 1. The Labute approximate surface area is 144 Å². The van der Waals surface area contributed by atoms with E-state index in [0.29, 0.717) is 25.0 Å². The lowest BCUT2D eigenvalue weighted by atomic mass is 9.76. The van der Waals surface area contributed by atoms with Gasteiger partial charge in [0.05, 0.1) is 11.7 Å². The van der Waals surface area contributed by atoms with Gasteiger partial charge in [-0.25, -0.2) is 4.98 Å². The van der Waals surface area contributed by atoms with E-state index in [9.17, 15) is 18.3 Å². The lowest BCUT2D eigenvalue weighted by molar-refractivity contribution is -0.137. The normalized spacial score (nSPS) is 21.5. The fourth-order valence-electron chi connectivity index (χ4n) is 3.13. The second-order valence-corrected chi connectivity index (χ2v) is 6.54. The van der Waals surface area contributed by atoms with E-state index in [4.69, 9.17) is 0 Å². The molecule has 2 aromatic rings. The predicted octanol–water partition coefficient (Wildman–Crippen LogP) is 3.60. The third-order valence-electron chi connectivity index (χ3n) is 4.49. The fourth-order valence-corrected chi connectivity index (χ4v) is 3.13. The van der Waals surface area contributed by atoms with Gasteiger partial charge in [-0.15, -0.1) is 0 Å². The minimum atomic E-state index is -4.41. The molecule has 1 aliphatic rings. The lowest BCUT2D eigenvalue weighted by Crippen LogP contribution is -2.42. The Morgan fingerprint density at radius 3 is 2.64 bits per heavy atom. The first-order valence-corrected chi connectivity index (χ1v) is 8.21. The Morgan fingerprint density at radius 2 is 2.04 bits per heavy atom. The van der Waals surface area contributed by atoms with Crippen LogP contribution in [0.25, 0.3) is 0 Å². The summed E-state index contributed by atoms with van der Waals surface area (Å²) in [6.07, 6.45) is -1.24. The molecule has 1 aliphatic carbocycles. The van der Waals surface area contributed by atoms with Gasteiger partial charge in [-0.3, -0.25) is 4.98 Å². The number of aliphatic hydroxyl groups excluding tert-OH is 1. The van der Waals surface area contributed by atoms with Crippen molar-refractivity contribution in [3.63, 3.8) is 0 Å². The van der Waals surface area contributed by atoms with Crippen LogP contribution < -0.4 is 5.32 Å². The van der Waals surface area contributed by atoms with E-state index >= 15 is 0 Å². The molecule has 134 valence electrons. The molecule has 0 radical (unpaired) electrons. The third kappa shape index (κ3) is 4.48. The third-order valence-corrected chi connectivity index (χ3v) is 4.49. The molecule has 4 nitrogen and oxygen atoms in total. The number of anilines is 1. The summed E-state index contributed by atoms with van der Waals surface area (Å²) in [5.74, 6) is 0.378. The van der Waals surface area contributed by atoms with Crippen LogP contribution in [0.2, 0.25) is 0 Å². The molecule has 0 spiro atoms. The van der Waals surface area contributed by atoms with Crippen LogP contribution in [0.4, 0.5) is 19.0 Å². The summed E-state index contributed by atoms with van der Waals surface area (Å²) in [6.45, 7) is 1.54. The Morgan fingerprint density at radius 1 is 1.28 bits per heavy atom. The van der Waals surface area contributed by atoms with Gasteiger partial charge in [0, 0.05) is 30.0 Å². The standard InChI is InChI=1S/C18H20F3N3O/c1-11-6-13(18(19,20)21)9-17(23-11)24-16(12-7-15(25)8-12)10-14-4-2-3-5-22-14/h2-6,9,12,15-16,25H,7-8,10H2,1H3,(H,23,24)/t12?,15?,16-/m0/s1. The monoisotopic (exact) mass is 351 g/mol. The maximum absolute atomic E-state index is 13.0. The van der Waals surface area contributed by atoms with E-state index in [1.165, 1.54) is 0 Å². The highest BCUT2D eigenvalue weighted by atomic mass is 19.4. The molecule has 0 amide bonds. The number of hydrogen-bond donors (Lipinski definition) is 2. The molecular formula is C18H20F3N3O. The number of nitrogens with zero attached hydrogens (tertiary/aromatic N) is 2. The van der Waals surface area contributed by atoms with Crippen LogP contribution in [0.5, 0.6) is 0 Å². The summed E-state index contributed by atoms with van der Waals surface area (Å²) >= 11 is 0. The van der Waals surface area contributed by atoms with Gasteiger partial charge in [-0.1, -0.05) is 6.07 Å². The quantitative estimate of drug-likeness (QED) is 0.864. The highest BCUT2D eigenvalue weighted by molar-refractivity contribution is 5.42. The summed E-state index contributed by atoms with van der Waals surface area (Å²) < 4.78 is 39.1. The van der Waals surface area contributed by atoms with Crippen molar-refractivity contribution in [3.8, 4) is 0 Å². The van der Waals surface area contributed by atoms with Crippen LogP contribution in [0.15, 0.2) is 36.5 Å². The zero-order valence-corrected chi connectivity index (χ0v) is 13.8. The molecule has 0 bridgehead atoms. The number of hydrogen-bond acceptors (Lipinski definition) is 4. The number of aryl methyl sites for hydroxylation is 1. The Kier molecular flexibility index (Phi) is 4.94. The molecule has 2 heterocycles. The molecule has 0 unspecified atom stereocenters. The molecule has 2 aromatic heterocycles. The van der Waals surface area contributed by atoms with Crippen molar-refractivity contribution in [2.45, 2.75) is 44.5 Å². The minimum Gasteiger partial charge on any atom is -0.393 e. The molecule has 7 heteroatoms. The van der Waals surface area contributed by atoms with Gasteiger partial charge in [0.2, 0.25) is 0 Å². The molecule has 0 saturated heterocycles. The fraction of sp³-hybridized carbons (Fsp3) is 0.444. The summed E-state index contributed by atoms with van der Waals surface area (Å²) in [4.78, 5) is 8.49. The van der Waals surface area contributed by atoms with Gasteiger partial charge >= 0.3 is 6.18 Å². The highest BCUT2D eigenvalue weighted by Crippen LogP contribution is 2.34. The number of halogens is 3. The van der Waals surface area contributed by atoms with E-state index in [-0.39, 0.29) is 23.9 Å². The van der Waals surface area contributed by atoms with Crippen molar-refractivity contribution < 1.29 is 18.3 Å². The Hall–Kier alpha value is -2.15. The highest BCUT2D eigenvalue weighted by Gasteiger charge is 2.35. The number of rotatable bonds is 5. The first-order chi connectivity index (χ1) is 11.8. The summed E-state index contributed by atoms with van der Waals surface area (Å²) in [7, 11) is 0. The van der Waals surface area contributed by atoms with Gasteiger partial charge in [0.25, 0.3) is 0 Å². The van der Waals surface area contributed by atoms with Crippen LogP contribution >= 0.6 is 0 Å². The van der Waals surface area contributed by atoms with Crippen LogP contribution in [0.3, 0.4) is 0 Å². The van der Waals surface area contributed by atoms with E-state index in [1.807, 2.05) is 18.2 Å². The number of nitrogens with one attached hydrogen (secondary N) is 1. The number of pyridine rings is 2. The molecular weight excluding hydrogens is 331 g/mol. The zero-order valence-electron chi connectivity index (χ0n) is 13.8. The molecule has 2 N–H and O–H groups in total. The van der Waals surface area contributed by atoms with Crippen molar-refractivity contribution in [1.82, 2.24) is 9.97 Å². The second kappa shape index (κ2) is 7.00. The van der Waals surface area contributed by atoms with Crippen molar-refractivity contribution in [3.05, 3.63) is 53.5 Å². The van der Waals surface area contributed by atoms with Gasteiger partial charge in [-0.05, 0) is 49.9 Å². The molecule has 0 aliphatic heterocycles. The summed E-state index contributed by atoms with van der Waals surface area (Å²) in [6, 6.07) is 7.51.